The van der Waals surface area contributed by atoms with E-state index in [2.05, 4.69) is 15.5 Å². The molecule has 1 unspecified atom stereocenters. The van der Waals surface area contributed by atoms with Crippen LogP contribution in [0.15, 0.2) is 28.4 Å². The third kappa shape index (κ3) is 4.02. The van der Waals surface area contributed by atoms with Gasteiger partial charge in [-0.1, -0.05) is 11.8 Å². The molecule has 0 aliphatic carbocycles. The summed E-state index contributed by atoms with van der Waals surface area (Å²) in [4.78, 5) is 22.0. The Hall–Kier alpha value is -2.42. The number of nitrogens with one attached hydrogen (secondary N) is 1. The Morgan fingerprint density at radius 2 is 2.29 bits per heavy atom. The first kappa shape index (κ1) is 15.0. The first-order chi connectivity index (χ1) is 9.95. The number of hydrogen-bond acceptors (Lipinski definition) is 6. The number of carboxylic acids is 1. The molecule has 21 heavy (non-hydrogen) atoms. The number of carbonyl (C=O) groups excluding carboxylic acids is 1. The third-order valence-electron chi connectivity index (χ3n) is 2.47. The minimum Gasteiger partial charge on any atom is -0.508 e. The summed E-state index contributed by atoms with van der Waals surface area (Å²) >= 11 is 0.950. The normalized spacial score (nSPS) is 20.1. The molecule has 0 aromatic heterocycles. The second-order valence-corrected chi connectivity index (χ2v) is 5.24. The molecular formula is C12H10FN3O4S. The molecule has 110 valence electrons. The molecule has 1 aliphatic heterocycles. The molecule has 1 aromatic rings. The van der Waals surface area contributed by atoms with E-state index in [-0.39, 0.29) is 22.9 Å². The smallest absolute Gasteiger partial charge is 0.305 e. The number of phenols is 1. The van der Waals surface area contributed by atoms with Crippen molar-refractivity contribution in [2.45, 2.75) is 11.7 Å². The van der Waals surface area contributed by atoms with Crippen molar-refractivity contribution < 1.29 is 24.2 Å². The molecule has 9 heteroatoms. The molecule has 3 N–H and O–H groups in total. The predicted molar refractivity (Wildman–Crippen MR) is 74.9 cm³/mol. The van der Waals surface area contributed by atoms with Gasteiger partial charge in [0.2, 0.25) is 5.91 Å². The van der Waals surface area contributed by atoms with Crippen LogP contribution in [0, 0.1) is 5.82 Å². The summed E-state index contributed by atoms with van der Waals surface area (Å²) < 4.78 is 13.4. The number of amides is 1. The Morgan fingerprint density at radius 1 is 1.52 bits per heavy atom. The number of amidine groups is 1. The van der Waals surface area contributed by atoms with Crippen LogP contribution >= 0.6 is 11.8 Å². The van der Waals surface area contributed by atoms with Crippen molar-refractivity contribution in [1.29, 1.82) is 0 Å². The fourth-order valence-electron chi connectivity index (χ4n) is 1.51. The average molecular weight is 311 g/mol. The number of aromatic hydroxyl groups is 1. The van der Waals surface area contributed by atoms with Crippen molar-refractivity contribution in [2.75, 3.05) is 0 Å². The summed E-state index contributed by atoms with van der Waals surface area (Å²) in [7, 11) is 0. The van der Waals surface area contributed by atoms with Gasteiger partial charge in [0.05, 0.1) is 12.6 Å². The standard InChI is InChI=1S/C12H10FN3O4S/c13-8-3-7(17)2-1-6(8)5-14-16-12-15-11(20)9(21-12)4-10(18)19/h1-3,5,9,17H,4H2,(H,18,19)(H,15,16,20). The maximum Gasteiger partial charge on any atom is 0.305 e. The predicted octanol–water partition coefficient (Wildman–Crippen LogP) is 0.927. The second kappa shape index (κ2) is 6.35. The van der Waals surface area contributed by atoms with Crippen molar-refractivity contribution in [3.8, 4) is 5.75 Å². The summed E-state index contributed by atoms with van der Waals surface area (Å²) in [6.07, 6.45) is 0.810. The van der Waals surface area contributed by atoms with E-state index < -0.39 is 22.9 Å². The largest absolute Gasteiger partial charge is 0.508 e. The van der Waals surface area contributed by atoms with Gasteiger partial charge in [-0.3, -0.25) is 9.59 Å². The second-order valence-electron chi connectivity index (χ2n) is 4.05. The van der Waals surface area contributed by atoms with Gasteiger partial charge in [-0.2, -0.15) is 5.10 Å². The number of nitrogens with zero attached hydrogens (tertiary/aromatic N) is 2. The maximum absolute atomic E-state index is 13.4. The van der Waals surface area contributed by atoms with Crippen molar-refractivity contribution in [2.24, 2.45) is 10.2 Å². The van der Waals surface area contributed by atoms with Gasteiger partial charge >= 0.3 is 5.97 Å². The highest BCUT2D eigenvalue weighted by atomic mass is 32.2. The van der Waals surface area contributed by atoms with Gasteiger partial charge in [0, 0.05) is 11.6 Å². The van der Waals surface area contributed by atoms with Crippen LogP contribution in [0.2, 0.25) is 0 Å². The van der Waals surface area contributed by atoms with Gasteiger partial charge in [-0.15, -0.1) is 5.10 Å². The number of halogens is 1. The zero-order valence-corrected chi connectivity index (χ0v) is 11.3. The summed E-state index contributed by atoms with van der Waals surface area (Å²) in [5.41, 5.74) is 0.119. The first-order valence-corrected chi connectivity index (χ1v) is 6.62. The molecule has 1 fully saturated rings. The lowest BCUT2D eigenvalue weighted by Crippen LogP contribution is -2.26. The number of hydrogen-bond donors (Lipinski definition) is 3. The summed E-state index contributed by atoms with van der Waals surface area (Å²) in [6, 6.07) is 3.55. The minimum atomic E-state index is -1.08. The molecule has 0 spiro atoms. The van der Waals surface area contributed by atoms with E-state index in [4.69, 9.17) is 10.2 Å². The van der Waals surface area contributed by atoms with Crippen LogP contribution in [-0.4, -0.2) is 38.7 Å². The zero-order chi connectivity index (χ0) is 15.4. The Labute approximate surface area is 122 Å². The Morgan fingerprint density at radius 3 is 2.95 bits per heavy atom. The van der Waals surface area contributed by atoms with Gasteiger partial charge in [0.15, 0.2) is 5.17 Å². The lowest BCUT2D eigenvalue weighted by molar-refractivity contribution is -0.138. The molecular weight excluding hydrogens is 301 g/mol. The van der Waals surface area contributed by atoms with E-state index in [1.54, 1.807) is 0 Å². The Balaban J connectivity index is 2.03. The molecule has 0 radical (unpaired) electrons. The highest BCUT2D eigenvalue weighted by molar-refractivity contribution is 8.15. The SMILES string of the molecule is O=C(O)CC1SC(=NN=Cc2ccc(O)cc2F)NC1=O. The zero-order valence-electron chi connectivity index (χ0n) is 10.5. The van der Waals surface area contributed by atoms with Crippen molar-refractivity contribution >= 4 is 35.0 Å². The van der Waals surface area contributed by atoms with E-state index in [1.807, 2.05) is 0 Å². The van der Waals surface area contributed by atoms with Crippen molar-refractivity contribution in [3.63, 3.8) is 0 Å². The topological polar surface area (TPSA) is 111 Å². The van der Waals surface area contributed by atoms with Crippen LogP contribution in [0.3, 0.4) is 0 Å². The van der Waals surface area contributed by atoms with Crippen molar-refractivity contribution in [3.05, 3.63) is 29.6 Å². The number of carboxylic acid groups (broad SMARTS) is 1. The molecule has 1 aromatic carbocycles. The van der Waals surface area contributed by atoms with Crippen LogP contribution < -0.4 is 5.32 Å². The number of carbonyl (C=O) groups is 2. The monoisotopic (exact) mass is 311 g/mol. The highest BCUT2D eigenvalue weighted by Crippen LogP contribution is 2.22. The van der Waals surface area contributed by atoms with Crippen LogP contribution in [-0.2, 0) is 9.59 Å². The molecule has 1 saturated heterocycles. The van der Waals surface area contributed by atoms with E-state index >= 15 is 0 Å². The van der Waals surface area contributed by atoms with Crippen LogP contribution in [0.5, 0.6) is 5.75 Å². The molecule has 1 amide bonds. The maximum atomic E-state index is 13.4. The van der Waals surface area contributed by atoms with Crippen LogP contribution in [0.1, 0.15) is 12.0 Å². The Bertz CT molecular complexity index is 647. The van der Waals surface area contributed by atoms with Gasteiger partial charge in [-0.05, 0) is 12.1 Å². The summed E-state index contributed by atoms with van der Waals surface area (Å²) in [5.74, 6) is -2.40. The van der Waals surface area contributed by atoms with Gasteiger partial charge in [-0.25, -0.2) is 4.39 Å². The average Bonchev–Trinajstić information content (AvgIpc) is 2.72. The van der Waals surface area contributed by atoms with Crippen molar-refractivity contribution in [1.82, 2.24) is 5.32 Å². The van der Waals surface area contributed by atoms with E-state index in [1.165, 1.54) is 12.1 Å². The fraction of sp³-hybridized carbons (Fsp3) is 0.167. The van der Waals surface area contributed by atoms with Gasteiger partial charge < -0.3 is 15.5 Å². The van der Waals surface area contributed by atoms with Gasteiger partial charge in [0.1, 0.15) is 16.8 Å². The summed E-state index contributed by atoms with van der Waals surface area (Å²) in [6.45, 7) is 0. The molecule has 1 aliphatic rings. The van der Waals surface area contributed by atoms with Crippen LogP contribution in [0.25, 0.3) is 0 Å². The number of phenolic OH excluding ortho intramolecular Hbond substituents is 1. The number of benzene rings is 1. The number of thioether (sulfide) groups is 1. The molecule has 0 saturated carbocycles. The third-order valence-corrected chi connectivity index (χ3v) is 3.54. The Kier molecular flexibility index (Phi) is 4.53. The fourth-order valence-corrected chi connectivity index (χ4v) is 2.42. The molecule has 2 rings (SSSR count). The van der Waals surface area contributed by atoms with Gasteiger partial charge in [0.25, 0.3) is 0 Å². The summed E-state index contributed by atoms with van der Waals surface area (Å²) in [5, 5.41) is 26.8. The number of rotatable bonds is 4. The lowest BCUT2D eigenvalue weighted by Gasteiger charge is -1.98. The molecule has 1 atom stereocenters. The lowest BCUT2D eigenvalue weighted by atomic mass is 10.2. The van der Waals surface area contributed by atoms with E-state index in [9.17, 15) is 14.0 Å². The molecule has 7 nitrogen and oxygen atoms in total. The first-order valence-electron chi connectivity index (χ1n) is 5.74. The minimum absolute atomic E-state index is 0.119. The molecule has 1 heterocycles. The quantitative estimate of drug-likeness (QED) is 0.566. The van der Waals surface area contributed by atoms with E-state index in [0.717, 1.165) is 24.0 Å². The molecule has 0 bridgehead atoms. The van der Waals surface area contributed by atoms with E-state index in [0.29, 0.717) is 0 Å². The number of aliphatic carboxylic acids is 1. The highest BCUT2D eigenvalue weighted by Gasteiger charge is 2.32. The van der Waals surface area contributed by atoms with Crippen LogP contribution in [0.4, 0.5) is 4.39 Å².